The standard InChI is InChI=1S/C2H6O2.2Na.2H/c1-2-4-3;;;;/h3H,2H2,1H3;;;;. The molecule has 1 N–H and O–H groups in total. The van der Waals surface area contributed by atoms with Crippen LogP contribution in [-0.2, 0) is 4.89 Å². The predicted molar refractivity (Wildman–Crippen MR) is 28.6 cm³/mol. The van der Waals surface area contributed by atoms with E-state index >= 15 is 0 Å². The summed E-state index contributed by atoms with van der Waals surface area (Å²) < 4.78 is 0. The summed E-state index contributed by atoms with van der Waals surface area (Å²) in [6.45, 7) is 2.08. The van der Waals surface area contributed by atoms with Crippen LogP contribution in [0.4, 0.5) is 0 Å². The van der Waals surface area contributed by atoms with Crippen LogP contribution in [0.2, 0.25) is 0 Å². The summed E-state index contributed by atoms with van der Waals surface area (Å²) in [5.41, 5.74) is 0. The van der Waals surface area contributed by atoms with Gasteiger partial charge in [0.2, 0.25) is 0 Å². The van der Waals surface area contributed by atoms with E-state index in [0.717, 1.165) is 0 Å². The molecule has 0 saturated heterocycles. The third kappa shape index (κ3) is 16.8. The molecule has 0 aromatic rings. The summed E-state index contributed by atoms with van der Waals surface area (Å²) in [6.07, 6.45) is 0. The van der Waals surface area contributed by atoms with Crippen LogP contribution in [-0.4, -0.2) is 71.0 Å². The van der Waals surface area contributed by atoms with E-state index in [9.17, 15) is 0 Å². The molecule has 4 heteroatoms. The van der Waals surface area contributed by atoms with E-state index in [1.807, 2.05) is 0 Å². The second kappa shape index (κ2) is 15.8. The van der Waals surface area contributed by atoms with Gasteiger partial charge in [0.05, 0.1) is 6.61 Å². The quantitative estimate of drug-likeness (QED) is 0.272. The topological polar surface area (TPSA) is 29.5 Å². The van der Waals surface area contributed by atoms with Gasteiger partial charge in [-0.2, -0.15) is 0 Å². The van der Waals surface area contributed by atoms with E-state index in [1.165, 1.54) is 0 Å². The SMILES string of the molecule is CCOO.[NaH].[NaH]. The van der Waals surface area contributed by atoms with Crippen molar-refractivity contribution in [1.29, 1.82) is 0 Å². The summed E-state index contributed by atoms with van der Waals surface area (Å²) in [6, 6.07) is 0. The Kier molecular flexibility index (Phi) is 41.2. The van der Waals surface area contributed by atoms with Crippen molar-refractivity contribution in [3.05, 3.63) is 0 Å². The molecule has 0 rings (SSSR count). The van der Waals surface area contributed by atoms with Gasteiger partial charge in [-0.25, -0.2) is 4.89 Å². The second-order valence-corrected chi connectivity index (χ2v) is 0.418. The van der Waals surface area contributed by atoms with E-state index in [0.29, 0.717) is 6.61 Å². The van der Waals surface area contributed by atoms with Crippen LogP contribution in [0.15, 0.2) is 0 Å². The van der Waals surface area contributed by atoms with Gasteiger partial charge in [0.1, 0.15) is 0 Å². The molecule has 0 aromatic heterocycles. The van der Waals surface area contributed by atoms with E-state index in [1.54, 1.807) is 6.92 Å². The van der Waals surface area contributed by atoms with Crippen LogP contribution in [0.5, 0.6) is 0 Å². The van der Waals surface area contributed by atoms with Crippen molar-refractivity contribution in [1.82, 2.24) is 0 Å². The molecule has 0 bridgehead atoms. The zero-order valence-corrected chi connectivity index (χ0v) is 2.56. The van der Waals surface area contributed by atoms with E-state index < -0.39 is 0 Å². The van der Waals surface area contributed by atoms with Crippen molar-refractivity contribution >= 4 is 59.1 Å². The molecule has 6 heavy (non-hydrogen) atoms. The van der Waals surface area contributed by atoms with Crippen molar-refractivity contribution in [3.63, 3.8) is 0 Å². The van der Waals surface area contributed by atoms with Gasteiger partial charge in [-0.3, -0.25) is 5.26 Å². The van der Waals surface area contributed by atoms with Gasteiger partial charge in [-0.05, 0) is 6.92 Å². The summed E-state index contributed by atoms with van der Waals surface area (Å²) in [7, 11) is 0. The molecular formula is C2H8Na2O2. The summed E-state index contributed by atoms with van der Waals surface area (Å²) >= 11 is 0. The Morgan fingerprint density at radius 3 is 1.67 bits per heavy atom. The van der Waals surface area contributed by atoms with Crippen molar-refractivity contribution < 1.29 is 10.1 Å². The molecular weight excluding hydrogens is 102 g/mol. The molecule has 0 saturated carbocycles. The second-order valence-electron chi connectivity index (χ2n) is 0.418. The molecule has 0 unspecified atom stereocenters. The molecule has 0 amide bonds. The van der Waals surface area contributed by atoms with Gasteiger partial charge in [0, 0.05) is 0 Å². The van der Waals surface area contributed by atoms with E-state index in [4.69, 9.17) is 5.26 Å². The Balaban J connectivity index is -0.0000000450. The Morgan fingerprint density at radius 2 is 1.67 bits per heavy atom. The molecule has 0 heterocycles. The van der Waals surface area contributed by atoms with Crippen molar-refractivity contribution in [3.8, 4) is 0 Å². The first kappa shape index (κ1) is 15.7. The Hall–Kier alpha value is 1.92. The number of hydrogen-bond donors (Lipinski definition) is 1. The zero-order chi connectivity index (χ0) is 3.41. The molecule has 0 radical (unpaired) electrons. The molecule has 30 valence electrons. The van der Waals surface area contributed by atoms with Gasteiger partial charge in [0.15, 0.2) is 0 Å². The van der Waals surface area contributed by atoms with Crippen LogP contribution in [0, 0.1) is 0 Å². The average Bonchev–Trinajstić information content (AvgIpc) is 1.37. The van der Waals surface area contributed by atoms with Crippen LogP contribution in [0.25, 0.3) is 0 Å². The minimum absolute atomic E-state index is 0. The van der Waals surface area contributed by atoms with Gasteiger partial charge in [0.25, 0.3) is 0 Å². The first-order valence-corrected chi connectivity index (χ1v) is 1.18. The fourth-order valence-corrected chi connectivity index (χ4v) is 0. The van der Waals surface area contributed by atoms with E-state index in [-0.39, 0.29) is 59.1 Å². The van der Waals surface area contributed by atoms with Crippen molar-refractivity contribution in [2.24, 2.45) is 0 Å². The average molecular weight is 110 g/mol. The Morgan fingerprint density at radius 1 is 1.50 bits per heavy atom. The first-order chi connectivity index (χ1) is 1.91. The van der Waals surface area contributed by atoms with Crippen LogP contribution in [0.1, 0.15) is 6.92 Å². The Bertz CT molecular complexity index is 11.5. The van der Waals surface area contributed by atoms with Gasteiger partial charge >= 0.3 is 59.1 Å². The fraction of sp³-hybridized carbons (Fsp3) is 1.00. The number of hydrogen-bond acceptors (Lipinski definition) is 2. The predicted octanol–water partition coefficient (Wildman–Crippen LogP) is -0.801. The van der Waals surface area contributed by atoms with Crippen molar-refractivity contribution in [2.75, 3.05) is 6.61 Å². The molecule has 0 spiro atoms. The van der Waals surface area contributed by atoms with Gasteiger partial charge in [-0.1, -0.05) is 0 Å². The van der Waals surface area contributed by atoms with Crippen molar-refractivity contribution in [2.45, 2.75) is 6.92 Å². The summed E-state index contributed by atoms with van der Waals surface area (Å²) in [5.74, 6) is 0. The molecule has 0 aliphatic heterocycles. The normalized spacial score (nSPS) is 5.00. The zero-order valence-electron chi connectivity index (χ0n) is 2.56. The molecule has 0 aliphatic carbocycles. The summed E-state index contributed by atoms with van der Waals surface area (Å²) in [5, 5.41) is 7.38. The van der Waals surface area contributed by atoms with Crippen LogP contribution < -0.4 is 0 Å². The fourth-order valence-electron chi connectivity index (χ4n) is 0. The third-order valence-electron chi connectivity index (χ3n) is 0.129. The maximum absolute atomic E-state index is 7.38. The maximum atomic E-state index is 7.38. The van der Waals surface area contributed by atoms with E-state index in [2.05, 4.69) is 4.89 Å². The van der Waals surface area contributed by atoms with Gasteiger partial charge in [-0.15, -0.1) is 0 Å². The molecule has 0 aromatic carbocycles. The van der Waals surface area contributed by atoms with Crippen LogP contribution >= 0.6 is 0 Å². The summed E-state index contributed by atoms with van der Waals surface area (Å²) in [4.78, 5) is 3.54. The molecule has 0 atom stereocenters. The monoisotopic (exact) mass is 110 g/mol. The number of rotatable bonds is 1. The minimum atomic E-state index is 0. The first-order valence-electron chi connectivity index (χ1n) is 1.18. The third-order valence-corrected chi connectivity index (χ3v) is 0.129. The van der Waals surface area contributed by atoms with Crippen LogP contribution in [0.3, 0.4) is 0 Å². The molecule has 2 nitrogen and oxygen atoms in total. The molecule has 0 fully saturated rings. The van der Waals surface area contributed by atoms with Gasteiger partial charge < -0.3 is 0 Å². The Labute approximate surface area is 81.8 Å². The molecule has 0 aliphatic rings.